The first kappa shape index (κ1) is 20.2. The molecule has 1 saturated heterocycles. The van der Waals surface area contributed by atoms with Crippen LogP contribution in [-0.2, 0) is 12.5 Å². The van der Waals surface area contributed by atoms with E-state index in [0.29, 0.717) is 26.6 Å². The van der Waals surface area contributed by atoms with Gasteiger partial charge in [0.2, 0.25) is 0 Å². The van der Waals surface area contributed by atoms with Gasteiger partial charge in [0.1, 0.15) is 0 Å². The molecule has 1 aliphatic heterocycles. The number of urea groups is 1. The van der Waals surface area contributed by atoms with Gasteiger partial charge >= 0.3 is 6.03 Å². The summed E-state index contributed by atoms with van der Waals surface area (Å²) in [6.45, 7) is 4.00. The maximum Gasteiger partial charge on any atom is 0.321 e. The van der Waals surface area contributed by atoms with Crippen LogP contribution in [0.5, 0.6) is 0 Å². The van der Waals surface area contributed by atoms with Gasteiger partial charge < -0.3 is 10.2 Å². The van der Waals surface area contributed by atoms with Crippen molar-refractivity contribution in [2.24, 2.45) is 0 Å². The molecule has 0 unspecified atom stereocenters. The number of nitrogens with one attached hydrogen (secondary N) is 1. The molecule has 1 N–H and O–H groups in total. The molecule has 7 heteroatoms. The zero-order chi connectivity index (χ0) is 20.1. The quantitative estimate of drug-likeness (QED) is 0.822. The normalized spacial score (nSPS) is 15.9. The standard InChI is InChI=1S/C21H24F3N3O/c1-21(23,24)17-9-5-10-18(19(17)22)25-20(28)27-12-6-11-26(13-14-27)15-16-7-3-2-4-8-16/h2-5,7-10H,6,11-15H2,1H3,(H,25,28). The van der Waals surface area contributed by atoms with Crippen LogP contribution in [-0.4, -0.2) is 42.0 Å². The largest absolute Gasteiger partial charge is 0.323 e. The number of halogens is 3. The van der Waals surface area contributed by atoms with E-state index in [9.17, 15) is 18.0 Å². The monoisotopic (exact) mass is 391 g/mol. The van der Waals surface area contributed by atoms with Crippen molar-refractivity contribution >= 4 is 11.7 Å². The zero-order valence-corrected chi connectivity index (χ0v) is 15.8. The molecule has 2 aromatic carbocycles. The summed E-state index contributed by atoms with van der Waals surface area (Å²) in [5.41, 5.74) is 0.254. The molecular formula is C21H24F3N3O. The number of carbonyl (C=O) groups is 1. The zero-order valence-electron chi connectivity index (χ0n) is 15.8. The molecule has 0 saturated carbocycles. The Morgan fingerprint density at radius 3 is 2.50 bits per heavy atom. The summed E-state index contributed by atoms with van der Waals surface area (Å²) in [6, 6.07) is 13.3. The first-order valence-electron chi connectivity index (χ1n) is 9.33. The second-order valence-corrected chi connectivity index (χ2v) is 7.09. The average molecular weight is 391 g/mol. The van der Waals surface area contributed by atoms with Crippen LogP contribution >= 0.6 is 0 Å². The second-order valence-electron chi connectivity index (χ2n) is 7.09. The second kappa shape index (κ2) is 8.65. The van der Waals surface area contributed by atoms with E-state index in [0.717, 1.165) is 25.6 Å². The Morgan fingerprint density at radius 1 is 1.04 bits per heavy atom. The fourth-order valence-electron chi connectivity index (χ4n) is 3.34. The molecule has 0 bridgehead atoms. The van der Waals surface area contributed by atoms with Crippen molar-refractivity contribution in [1.82, 2.24) is 9.80 Å². The number of hydrogen-bond acceptors (Lipinski definition) is 2. The lowest BCUT2D eigenvalue weighted by atomic mass is 10.1. The van der Waals surface area contributed by atoms with Crippen molar-refractivity contribution in [1.29, 1.82) is 0 Å². The van der Waals surface area contributed by atoms with Gasteiger partial charge in [-0.15, -0.1) is 0 Å². The van der Waals surface area contributed by atoms with Crippen LogP contribution in [0.3, 0.4) is 0 Å². The molecule has 0 spiro atoms. The summed E-state index contributed by atoms with van der Waals surface area (Å²) in [5, 5.41) is 2.44. The average Bonchev–Trinajstić information content (AvgIpc) is 2.89. The van der Waals surface area contributed by atoms with E-state index in [4.69, 9.17) is 0 Å². The number of nitrogens with zero attached hydrogens (tertiary/aromatic N) is 2. The fraction of sp³-hybridized carbons (Fsp3) is 0.381. The predicted octanol–water partition coefficient (Wildman–Crippen LogP) is 4.68. The summed E-state index contributed by atoms with van der Waals surface area (Å²) in [7, 11) is 0. The van der Waals surface area contributed by atoms with Gasteiger partial charge in [-0.1, -0.05) is 36.4 Å². The molecule has 150 valence electrons. The molecule has 2 aromatic rings. The third-order valence-electron chi connectivity index (χ3n) is 4.84. The third kappa shape index (κ3) is 5.04. The fourth-order valence-corrected chi connectivity index (χ4v) is 3.34. The summed E-state index contributed by atoms with van der Waals surface area (Å²) in [5.74, 6) is -4.41. The molecule has 0 aliphatic carbocycles. The van der Waals surface area contributed by atoms with Gasteiger partial charge in [0, 0.05) is 39.6 Å². The lowest BCUT2D eigenvalue weighted by Crippen LogP contribution is -2.38. The number of alkyl halides is 2. The van der Waals surface area contributed by atoms with Crippen LogP contribution in [0.25, 0.3) is 0 Å². The molecule has 0 radical (unpaired) electrons. The number of anilines is 1. The number of benzene rings is 2. The van der Waals surface area contributed by atoms with Gasteiger partial charge in [0.05, 0.1) is 11.3 Å². The summed E-state index contributed by atoms with van der Waals surface area (Å²) in [6.07, 6.45) is 0.788. The molecule has 1 heterocycles. The van der Waals surface area contributed by atoms with Gasteiger partial charge in [-0.2, -0.15) is 0 Å². The van der Waals surface area contributed by atoms with Crippen molar-refractivity contribution in [3.05, 3.63) is 65.5 Å². The van der Waals surface area contributed by atoms with Crippen LogP contribution in [0.1, 0.15) is 24.5 Å². The molecular weight excluding hydrogens is 367 g/mol. The van der Waals surface area contributed by atoms with Crippen LogP contribution in [0.15, 0.2) is 48.5 Å². The molecule has 4 nitrogen and oxygen atoms in total. The Kier molecular flexibility index (Phi) is 6.24. The Balaban J connectivity index is 1.61. The molecule has 0 atom stereocenters. The van der Waals surface area contributed by atoms with Crippen molar-refractivity contribution in [2.75, 3.05) is 31.5 Å². The Bertz CT molecular complexity index is 808. The molecule has 3 rings (SSSR count). The molecule has 0 aromatic heterocycles. The SMILES string of the molecule is CC(F)(F)c1cccc(NC(=O)N2CCCN(Cc3ccccc3)CC2)c1F. The lowest BCUT2D eigenvalue weighted by molar-refractivity contribution is 0.0139. The first-order chi connectivity index (χ1) is 13.3. The van der Waals surface area contributed by atoms with E-state index >= 15 is 0 Å². The Hall–Kier alpha value is -2.54. The van der Waals surface area contributed by atoms with E-state index in [1.807, 2.05) is 18.2 Å². The topological polar surface area (TPSA) is 35.6 Å². The molecule has 1 aliphatic rings. The highest BCUT2D eigenvalue weighted by molar-refractivity contribution is 5.89. The van der Waals surface area contributed by atoms with Gasteiger partial charge in [-0.25, -0.2) is 18.0 Å². The van der Waals surface area contributed by atoms with Crippen LogP contribution in [0.2, 0.25) is 0 Å². The van der Waals surface area contributed by atoms with Crippen molar-refractivity contribution in [3.8, 4) is 0 Å². The van der Waals surface area contributed by atoms with E-state index in [1.165, 1.54) is 17.7 Å². The summed E-state index contributed by atoms with van der Waals surface area (Å²) >= 11 is 0. The summed E-state index contributed by atoms with van der Waals surface area (Å²) in [4.78, 5) is 16.4. The van der Waals surface area contributed by atoms with E-state index in [-0.39, 0.29) is 5.69 Å². The minimum Gasteiger partial charge on any atom is -0.323 e. The lowest BCUT2D eigenvalue weighted by Gasteiger charge is -2.23. The highest BCUT2D eigenvalue weighted by atomic mass is 19.3. The van der Waals surface area contributed by atoms with Gasteiger partial charge in [-0.05, 0) is 24.1 Å². The number of carbonyl (C=O) groups excluding carboxylic acids is 1. The number of rotatable bonds is 4. The highest BCUT2D eigenvalue weighted by Crippen LogP contribution is 2.32. The van der Waals surface area contributed by atoms with Crippen molar-refractivity contribution < 1.29 is 18.0 Å². The molecule has 28 heavy (non-hydrogen) atoms. The summed E-state index contributed by atoms with van der Waals surface area (Å²) < 4.78 is 41.3. The maximum absolute atomic E-state index is 14.4. The third-order valence-corrected chi connectivity index (χ3v) is 4.84. The van der Waals surface area contributed by atoms with Crippen LogP contribution in [0.4, 0.5) is 23.7 Å². The molecule has 2 amide bonds. The van der Waals surface area contributed by atoms with Crippen LogP contribution in [0, 0.1) is 5.82 Å². The smallest absolute Gasteiger partial charge is 0.321 e. The van der Waals surface area contributed by atoms with Gasteiger partial charge in [0.15, 0.2) is 5.82 Å². The van der Waals surface area contributed by atoms with Crippen LogP contribution < -0.4 is 5.32 Å². The van der Waals surface area contributed by atoms with E-state index in [1.54, 1.807) is 4.90 Å². The first-order valence-corrected chi connectivity index (χ1v) is 9.33. The van der Waals surface area contributed by atoms with E-state index < -0.39 is 23.3 Å². The van der Waals surface area contributed by atoms with Gasteiger partial charge in [0.25, 0.3) is 5.92 Å². The Morgan fingerprint density at radius 2 is 1.79 bits per heavy atom. The maximum atomic E-state index is 14.4. The van der Waals surface area contributed by atoms with Crippen molar-refractivity contribution in [2.45, 2.75) is 25.8 Å². The Labute approximate surface area is 162 Å². The number of amides is 2. The highest BCUT2D eigenvalue weighted by Gasteiger charge is 2.30. The molecule has 1 fully saturated rings. The van der Waals surface area contributed by atoms with E-state index in [2.05, 4.69) is 22.3 Å². The van der Waals surface area contributed by atoms with Gasteiger partial charge in [-0.3, -0.25) is 4.90 Å². The minimum atomic E-state index is -3.31. The number of hydrogen-bond donors (Lipinski definition) is 1. The predicted molar refractivity (Wildman–Crippen MR) is 103 cm³/mol. The minimum absolute atomic E-state index is 0.227. The van der Waals surface area contributed by atoms with Crippen molar-refractivity contribution in [3.63, 3.8) is 0 Å².